The molecule has 1 aliphatic rings. The molecule has 0 spiro atoms. The molecule has 2 rings (SSSR count). The summed E-state index contributed by atoms with van der Waals surface area (Å²) in [4.78, 5) is 18.0. The monoisotopic (exact) mass is 416 g/mol. The van der Waals surface area contributed by atoms with Crippen molar-refractivity contribution >= 4 is 11.9 Å². The molecule has 1 aromatic carbocycles. The first kappa shape index (κ1) is 23.0. The zero-order valence-electron chi connectivity index (χ0n) is 16.8. The van der Waals surface area contributed by atoms with Crippen LogP contribution in [-0.2, 0) is 17.5 Å². The maximum atomic E-state index is 13.2. The Kier molecular flexibility index (Phi) is 8.28. The van der Waals surface area contributed by atoms with Gasteiger partial charge in [-0.15, -0.1) is 0 Å². The number of hydrogen-bond donors (Lipinski definition) is 2. The highest BCUT2D eigenvalue weighted by Gasteiger charge is 2.33. The van der Waals surface area contributed by atoms with Gasteiger partial charge in [-0.2, -0.15) is 13.2 Å². The van der Waals surface area contributed by atoms with Crippen LogP contribution in [0.5, 0.6) is 0 Å². The molecule has 1 unspecified atom stereocenters. The van der Waals surface area contributed by atoms with Gasteiger partial charge in [0, 0.05) is 32.1 Å². The van der Waals surface area contributed by atoms with Gasteiger partial charge in [-0.1, -0.05) is 13.0 Å². The Bertz CT molecular complexity index is 721. The lowest BCUT2D eigenvalue weighted by molar-refractivity contribution is -0.138. The predicted molar refractivity (Wildman–Crippen MR) is 104 cm³/mol. The predicted octanol–water partition coefficient (Wildman–Crippen LogP) is 3.69. The van der Waals surface area contributed by atoms with Crippen LogP contribution in [0.15, 0.2) is 23.2 Å². The Labute approximate surface area is 168 Å². The van der Waals surface area contributed by atoms with E-state index in [4.69, 9.17) is 0 Å². The second-order valence-corrected chi connectivity index (χ2v) is 6.96. The summed E-state index contributed by atoms with van der Waals surface area (Å²) in [6.45, 7) is 5.51. The summed E-state index contributed by atoms with van der Waals surface area (Å²) in [5, 5.41) is 6.10. The molecule has 2 N–H and O–H groups in total. The molecule has 1 aliphatic heterocycles. The van der Waals surface area contributed by atoms with Crippen LogP contribution in [0.4, 0.5) is 17.6 Å². The van der Waals surface area contributed by atoms with Crippen molar-refractivity contribution in [3.8, 4) is 0 Å². The molecule has 0 saturated carbocycles. The molecule has 0 aliphatic carbocycles. The third kappa shape index (κ3) is 6.61. The van der Waals surface area contributed by atoms with Gasteiger partial charge >= 0.3 is 6.18 Å². The minimum atomic E-state index is -4.64. The molecule has 5 nitrogen and oxygen atoms in total. The maximum absolute atomic E-state index is 13.2. The molecule has 9 heteroatoms. The number of benzene rings is 1. The smallest absolute Gasteiger partial charge is 0.357 e. The number of nitrogens with zero attached hydrogens (tertiary/aromatic N) is 2. The van der Waals surface area contributed by atoms with E-state index in [1.54, 1.807) is 0 Å². The first-order chi connectivity index (χ1) is 13.8. The Balaban J connectivity index is 2.00. The van der Waals surface area contributed by atoms with E-state index in [0.717, 1.165) is 37.9 Å². The largest absolute Gasteiger partial charge is 0.416 e. The van der Waals surface area contributed by atoms with Gasteiger partial charge in [0.2, 0.25) is 5.91 Å². The van der Waals surface area contributed by atoms with Crippen molar-refractivity contribution in [1.29, 1.82) is 0 Å². The number of amides is 1. The Hall–Kier alpha value is -2.32. The van der Waals surface area contributed by atoms with Crippen LogP contribution in [0, 0.1) is 5.82 Å². The van der Waals surface area contributed by atoms with E-state index in [0.29, 0.717) is 31.5 Å². The number of likely N-dealkylation sites (tertiary alicyclic amines) is 1. The average Bonchev–Trinajstić information content (AvgIpc) is 3.09. The van der Waals surface area contributed by atoms with Gasteiger partial charge in [0.15, 0.2) is 5.96 Å². The van der Waals surface area contributed by atoms with E-state index in [1.165, 1.54) is 0 Å². The SMILES string of the molecule is CCNC(=NCc1ccc(F)cc1C(F)(F)F)NCCC(CC)N1CCCC1=O. The number of nitrogens with one attached hydrogen (secondary N) is 2. The molecular formula is C20H28F4N4O. The second-order valence-electron chi connectivity index (χ2n) is 6.96. The molecule has 1 amide bonds. The van der Waals surface area contributed by atoms with Crippen molar-refractivity contribution in [3.05, 3.63) is 35.1 Å². The summed E-state index contributed by atoms with van der Waals surface area (Å²) in [5.41, 5.74) is -1.11. The van der Waals surface area contributed by atoms with Gasteiger partial charge in [0.1, 0.15) is 5.82 Å². The molecule has 1 aromatic rings. The van der Waals surface area contributed by atoms with E-state index in [1.807, 2.05) is 18.7 Å². The van der Waals surface area contributed by atoms with Crippen LogP contribution in [0.3, 0.4) is 0 Å². The van der Waals surface area contributed by atoms with Crippen molar-refractivity contribution in [1.82, 2.24) is 15.5 Å². The van der Waals surface area contributed by atoms with Crippen LogP contribution in [0.1, 0.15) is 50.7 Å². The van der Waals surface area contributed by atoms with Crippen LogP contribution in [0.25, 0.3) is 0 Å². The summed E-state index contributed by atoms with van der Waals surface area (Å²) in [6.07, 6.45) is -1.61. The van der Waals surface area contributed by atoms with E-state index in [-0.39, 0.29) is 24.1 Å². The molecule has 1 saturated heterocycles. The van der Waals surface area contributed by atoms with E-state index in [2.05, 4.69) is 15.6 Å². The van der Waals surface area contributed by atoms with E-state index >= 15 is 0 Å². The van der Waals surface area contributed by atoms with Crippen LogP contribution in [-0.4, -0.2) is 42.4 Å². The molecule has 0 bridgehead atoms. The van der Waals surface area contributed by atoms with Gasteiger partial charge in [0.05, 0.1) is 12.1 Å². The molecule has 1 atom stereocenters. The van der Waals surface area contributed by atoms with Gasteiger partial charge in [-0.05, 0) is 43.9 Å². The van der Waals surface area contributed by atoms with Gasteiger partial charge in [-0.25, -0.2) is 9.38 Å². The second kappa shape index (κ2) is 10.5. The first-order valence-corrected chi connectivity index (χ1v) is 9.93. The van der Waals surface area contributed by atoms with Crippen LogP contribution >= 0.6 is 0 Å². The number of carbonyl (C=O) groups excluding carboxylic acids is 1. The lowest BCUT2D eigenvalue weighted by Crippen LogP contribution is -2.42. The zero-order valence-corrected chi connectivity index (χ0v) is 16.8. The number of carbonyl (C=O) groups is 1. The topological polar surface area (TPSA) is 56.7 Å². The standard InChI is InChI=1S/C20H28F4N4O/c1-3-16(28-11-5-6-18(28)29)9-10-26-19(25-4-2)27-13-14-7-8-15(21)12-17(14)20(22,23)24/h7-8,12,16H,3-6,9-11,13H2,1-2H3,(H2,25,26,27). The number of alkyl halides is 3. The highest BCUT2D eigenvalue weighted by atomic mass is 19.4. The maximum Gasteiger partial charge on any atom is 0.416 e. The van der Waals surface area contributed by atoms with Gasteiger partial charge in [0.25, 0.3) is 0 Å². The molecule has 0 radical (unpaired) electrons. The van der Waals surface area contributed by atoms with Crippen LogP contribution < -0.4 is 10.6 Å². The number of guanidine groups is 1. The lowest BCUT2D eigenvalue weighted by atomic mass is 10.1. The quantitative estimate of drug-likeness (QED) is 0.386. The molecule has 162 valence electrons. The normalized spacial score (nSPS) is 16.3. The van der Waals surface area contributed by atoms with E-state index in [9.17, 15) is 22.4 Å². The summed E-state index contributed by atoms with van der Waals surface area (Å²) in [5.74, 6) is -0.377. The Morgan fingerprint density at radius 1 is 1.28 bits per heavy atom. The molecule has 0 aromatic heterocycles. The van der Waals surface area contributed by atoms with Crippen molar-refractivity contribution < 1.29 is 22.4 Å². The van der Waals surface area contributed by atoms with Crippen molar-refractivity contribution in [3.63, 3.8) is 0 Å². The third-order valence-corrected chi connectivity index (χ3v) is 4.92. The number of aliphatic imine (C=N–C) groups is 1. The number of halogens is 4. The zero-order chi connectivity index (χ0) is 21.4. The molecule has 1 fully saturated rings. The average molecular weight is 416 g/mol. The molecular weight excluding hydrogens is 388 g/mol. The number of hydrogen-bond acceptors (Lipinski definition) is 2. The fourth-order valence-electron chi connectivity index (χ4n) is 3.45. The summed E-state index contributed by atoms with van der Waals surface area (Å²) in [6, 6.07) is 2.73. The fourth-order valence-corrected chi connectivity index (χ4v) is 3.45. The number of rotatable bonds is 8. The van der Waals surface area contributed by atoms with Crippen LogP contribution in [0.2, 0.25) is 0 Å². The minimum absolute atomic E-state index is 0.0924. The van der Waals surface area contributed by atoms with Gasteiger partial charge < -0.3 is 15.5 Å². The van der Waals surface area contributed by atoms with Gasteiger partial charge in [-0.3, -0.25) is 4.79 Å². The fraction of sp³-hybridized carbons (Fsp3) is 0.600. The van der Waals surface area contributed by atoms with E-state index < -0.39 is 17.6 Å². The summed E-state index contributed by atoms with van der Waals surface area (Å²) >= 11 is 0. The van der Waals surface area contributed by atoms with Crippen molar-refractivity contribution in [2.24, 2.45) is 4.99 Å². The van der Waals surface area contributed by atoms with Crippen molar-refractivity contribution in [2.75, 3.05) is 19.6 Å². The Morgan fingerprint density at radius 2 is 2.03 bits per heavy atom. The first-order valence-electron chi connectivity index (χ1n) is 9.93. The summed E-state index contributed by atoms with van der Waals surface area (Å²) < 4.78 is 52.6. The summed E-state index contributed by atoms with van der Waals surface area (Å²) in [7, 11) is 0. The lowest BCUT2D eigenvalue weighted by Gasteiger charge is -2.27. The molecule has 1 heterocycles. The highest BCUT2D eigenvalue weighted by Crippen LogP contribution is 2.32. The molecule has 29 heavy (non-hydrogen) atoms. The third-order valence-electron chi connectivity index (χ3n) is 4.92. The Morgan fingerprint density at radius 3 is 2.62 bits per heavy atom. The minimum Gasteiger partial charge on any atom is -0.357 e. The highest BCUT2D eigenvalue weighted by molar-refractivity contribution is 5.80. The van der Waals surface area contributed by atoms with Crippen molar-refractivity contribution in [2.45, 2.75) is 58.3 Å².